The topological polar surface area (TPSA) is 12.0 Å². The number of aryl methyl sites for hydroxylation is 1. The van der Waals surface area contributed by atoms with E-state index in [2.05, 4.69) is 5.32 Å². The molecule has 0 saturated heterocycles. The van der Waals surface area contributed by atoms with E-state index in [0.717, 1.165) is 23.1 Å². The van der Waals surface area contributed by atoms with Crippen LogP contribution in [0.3, 0.4) is 0 Å². The SMILES string of the molecule is CNC(Cc1cc(F)ccc1C)Cc1c(Cl)cccc1Cl. The molecule has 0 amide bonds. The Labute approximate surface area is 135 Å². The number of rotatable bonds is 5. The highest BCUT2D eigenvalue weighted by Crippen LogP contribution is 2.26. The number of halogens is 3. The average molecular weight is 326 g/mol. The van der Waals surface area contributed by atoms with Crippen molar-refractivity contribution in [2.45, 2.75) is 25.8 Å². The van der Waals surface area contributed by atoms with Gasteiger partial charge in [0.1, 0.15) is 5.82 Å². The third-order valence-corrected chi connectivity index (χ3v) is 4.41. The van der Waals surface area contributed by atoms with E-state index in [1.807, 2.05) is 32.2 Å². The van der Waals surface area contributed by atoms with Crippen LogP contribution >= 0.6 is 23.2 Å². The van der Waals surface area contributed by atoms with Gasteiger partial charge in [-0.1, -0.05) is 35.3 Å². The Kier molecular flexibility index (Phi) is 5.63. The Morgan fingerprint density at radius 2 is 1.76 bits per heavy atom. The van der Waals surface area contributed by atoms with Gasteiger partial charge in [-0.15, -0.1) is 0 Å². The minimum absolute atomic E-state index is 0.142. The summed E-state index contributed by atoms with van der Waals surface area (Å²) in [6.07, 6.45) is 1.42. The van der Waals surface area contributed by atoms with Crippen molar-refractivity contribution in [2.24, 2.45) is 0 Å². The standard InChI is InChI=1S/C17H18Cl2FN/c1-11-6-7-13(20)8-12(11)9-14(21-2)10-15-16(18)4-3-5-17(15)19/h3-8,14,21H,9-10H2,1-2H3. The molecule has 0 aliphatic rings. The van der Waals surface area contributed by atoms with Crippen LogP contribution in [0.5, 0.6) is 0 Å². The van der Waals surface area contributed by atoms with Gasteiger partial charge in [0, 0.05) is 16.1 Å². The second-order valence-electron chi connectivity index (χ2n) is 5.16. The van der Waals surface area contributed by atoms with Crippen molar-refractivity contribution in [1.29, 1.82) is 0 Å². The number of nitrogens with one attached hydrogen (secondary N) is 1. The Morgan fingerprint density at radius 3 is 2.38 bits per heavy atom. The highest BCUT2D eigenvalue weighted by Gasteiger charge is 2.14. The predicted octanol–water partition coefficient (Wildman–Crippen LogP) is 4.81. The van der Waals surface area contributed by atoms with Gasteiger partial charge in [0.25, 0.3) is 0 Å². The van der Waals surface area contributed by atoms with Gasteiger partial charge in [-0.25, -0.2) is 4.39 Å². The fourth-order valence-corrected chi connectivity index (χ4v) is 2.93. The van der Waals surface area contributed by atoms with Crippen molar-refractivity contribution in [3.8, 4) is 0 Å². The lowest BCUT2D eigenvalue weighted by molar-refractivity contribution is 0.551. The van der Waals surface area contributed by atoms with Crippen LogP contribution in [-0.4, -0.2) is 13.1 Å². The van der Waals surface area contributed by atoms with Crippen molar-refractivity contribution in [1.82, 2.24) is 5.32 Å². The van der Waals surface area contributed by atoms with Crippen molar-refractivity contribution in [2.75, 3.05) is 7.05 Å². The van der Waals surface area contributed by atoms with Crippen molar-refractivity contribution < 1.29 is 4.39 Å². The smallest absolute Gasteiger partial charge is 0.123 e. The summed E-state index contributed by atoms with van der Waals surface area (Å²) in [4.78, 5) is 0. The Morgan fingerprint density at radius 1 is 1.10 bits per heavy atom. The van der Waals surface area contributed by atoms with E-state index < -0.39 is 0 Å². The van der Waals surface area contributed by atoms with Gasteiger partial charge in [0.2, 0.25) is 0 Å². The van der Waals surface area contributed by atoms with Gasteiger partial charge in [0.05, 0.1) is 0 Å². The molecule has 4 heteroatoms. The van der Waals surface area contributed by atoms with Crippen LogP contribution in [0.4, 0.5) is 4.39 Å². The molecule has 21 heavy (non-hydrogen) atoms. The summed E-state index contributed by atoms with van der Waals surface area (Å²) >= 11 is 12.4. The number of hydrogen-bond donors (Lipinski definition) is 1. The lowest BCUT2D eigenvalue weighted by Crippen LogP contribution is -2.30. The van der Waals surface area contributed by atoms with Crippen LogP contribution in [-0.2, 0) is 12.8 Å². The van der Waals surface area contributed by atoms with Gasteiger partial charge >= 0.3 is 0 Å². The first-order valence-electron chi connectivity index (χ1n) is 6.86. The average Bonchev–Trinajstić information content (AvgIpc) is 2.45. The largest absolute Gasteiger partial charge is 0.316 e. The van der Waals surface area contributed by atoms with Gasteiger partial charge < -0.3 is 5.32 Å². The van der Waals surface area contributed by atoms with Crippen molar-refractivity contribution in [3.05, 3.63) is 69.0 Å². The van der Waals surface area contributed by atoms with E-state index in [9.17, 15) is 4.39 Å². The van der Waals surface area contributed by atoms with E-state index in [0.29, 0.717) is 16.5 Å². The molecule has 0 bridgehead atoms. The normalized spacial score (nSPS) is 12.4. The first-order chi connectivity index (χ1) is 10.0. The molecule has 1 N–H and O–H groups in total. The monoisotopic (exact) mass is 325 g/mol. The van der Waals surface area contributed by atoms with Crippen LogP contribution in [0.25, 0.3) is 0 Å². The zero-order chi connectivity index (χ0) is 15.4. The lowest BCUT2D eigenvalue weighted by Gasteiger charge is -2.19. The van der Waals surface area contributed by atoms with E-state index in [-0.39, 0.29) is 11.9 Å². The molecular formula is C17H18Cl2FN. The van der Waals surface area contributed by atoms with Crippen LogP contribution in [0.2, 0.25) is 10.0 Å². The van der Waals surface area contributed by atoms with Gasteiger partial charge in [-0.3, -0.25) is 0 Å². The molecule has 0 spiro atoms. The molecule has 0 aliphatic carbocycles. The van der Waals surface area contributed by atoms with Gasteiger partial charge in [0.15, 0.2) is 0 Å². The van der Waals surface area contributed by atoms with Gasteiger partial charge in [-0.2, -0.15) is 0 Å². The molecule has 1 nitrogen and oxygen atoms in total. The summed E-state index contributed by atoms with van der Waals surface area (Å²) in [5, 5.41) is 4.59. The molecule has 0 fully saturated rings. The zero-order valence-electron chi connectivity index (χ0n) is 12.1. The second kappa shape index (κ2) is 7.26. The summed E-state index contributed by atoms with van der Waals surface area (Å²) in [5.41, 5.74) is 3.01. The van der Waals surface area contributed by atoms with Crippen LogP contribution in [0, 0.1) is 12.7 Å². The Bertz CT molecular complexity index is 608. The summed E-state index contributed by atoms with van der Waals surface area (Å²) in [7, 11) is 1.89. The molecule has 2 aromatic rings. The Balaban J connectivity index is 2.19. The second-order valence-corrected chi connectivity index (χ2v) is 5.98. The summed E-state index contributed by atoms with van der Waals surface area (Å²) in [6.45, 7) is 1.99. The molecule has 1 unspecified atom stereocenters. The van der Waals surface area contributed by atoms with E-state index in [1.54, 1.807) is 12.1 Å². The molecule has 0 aromatic heterocycles. The highest BCUT2D eigenvalue weighted by atomic mass is 35.5. The molecule has 0 radical (unpaired) electrons. The van der Waals surface area contributed by atoms with Crippen molar-refractivity contribution in [3.63, 3.8) is 0 Å². The van der Waals surface area contributed by atoms with Crippen molar-refractivity contribution >= 4 is 23.2 Å². The first-order valence-corrected chi connectivity index (χ1v) is 7.62. The number of benzene rings is 2. The van der Waals surface area contributed by atoms with Crippen LogP contribution in [0.15, 0.2) is 36.4 Å². The third kappa shape index (κ3) is 4.19. The highest BCUT2D eigenvalue weighted by molar-refractivity contribution is 6.36. The van der Waals surface area contributed by atoms with Gasteiger partial charge in [-0.05, 0) is 67.8 Å². The van der Waals surface area contributed by atoms with E-state index in [1.165, 1.54) is 6.07 Å². The molecule has 0 aliphatic heterocycles. The molecule has 0 saturated carbocycles. The number of hydrogen-bond acceptors (Lipinski definition) is 1. The molecule has 2 rings (SSSR count). The maximum absolute atomic E-state index is 13.4. The number of likely N-dealkylation sites (N-methyl/N-ethyl adjacent to an activating group) is 1. The maximum atomic E-state index is 13.4. The fraction of sp³-hybridized carbons (Fsp3) is 0.294. The van der Waals surface area contributed by atoms with Crippen LogP contribution in [0.1, 0.15) is 16.7 Å². The zero-order valence-corrected chi connectivity index (χ0v) is 13.6. The predicted molar refractivity (Wildman–Crippen MR) is 87.9 cm³/mol. The fourth-order valence-electron chi connectivity index (χ4n) is 2.38. The first kappa shape index (κ1) is 16.3. The minimum Gasteiger partial charge on any atom is -0.316 e. The maximum Gasteiger partial charge on any atom is 0.123 e. The van der Waals surface area contributed by atoms with E-state index in [4.69, 9.17) is 23.2 Å². The molecule has 1 atom stereocenters. The lowest BCUT2D eigenvalue weighted by atomic mass is 9.96. The summed E-state index contributed by atoms with van der Waals surface area (Å²) in [5.74, 6) is -0.207. The molecule has 2 aromatic carbocycles. The molecular weight excluding hydrogens is 308 g/mol. The molecule has 112 valence electrons. The summed E-state index contributed by atoms with van der Waals surface area (Å²) in [6, 6.07) is 10.5. The van der Waals surface area contributed by atoms with Crippen LogP contribution < -0.4 is 5.32 Å². The Hall–Kier alpha value is -1.09. The summed E-state index contributed by atoms with van der Waals surface area (Å²) < 4.78 is 13.4. The molecule has 0 heterocycles. The minimum atomic E-state index is -0.207. The van der Waals surface area contributed by atoms with E-state index >= 15 is 0 Å². The third-order valence-electron chi connectivity index (χ3n) is 3.70. The quantitative estimate of drug-likeness (QED) is 0.831.